The minimum absolute atomic E-state index is 0.0266. The summed E-state index contributed by atoms with van der Waals surface area (Å²) in [7, 11) is 0. The first-order valence-electron chi connectivity index (χ1n) is 7.59. The zero-order valence-corrected chi connectivity index (χ0v) is 14.4. The summed E-state index contributed by atoms with van der Waals surface area (Å²) in [5.41, 5.74) is 0. The van der Waals surface area contributed by atoms with Crippen LogP contribution < -0.4 is 0 Å². The zero-order valence-electron chi connectivity index (χ0n) is 12.9. The maximum absolute atomic E-state index is 11.6. The van der Waals surface area contributed by atoms with Gasteiger partial charge in [-0.15, -0.1) is 23.2 Å². The van der Waals surface area contributed by atoms with E-state index in [2.05, 4.69) is 6.92 Å². The Kier molecular flexibility index (Phi) is 12.9. The van der Waals surface area contributed by atoms with Gasteiger partial charge in [0.05, 0.1) is 6.10 Å². The van der Waals surface area contributed by atoms with Gasteiger partial charge in [0.1, 0.15) is 11.4 Å². The van der Waals surface area contributed by atoms with Gasteiger partial charge in [0.15, 0.2) is 0 Å². The summed E-state index contributed by atoms with van der Waals surface area (Å²) in [4.78, 5) is 22.1. The van der Waals surface area contributed by atoms with E-state index in [1.807, 2.05) is 6.92 Å². The van der Waals surface area contributed by atoms with Crippen molar-refractivity contribution < 1.29 is 19.1 Å². The maximum atomic E-state index is 11.6. The highest BCUT2D eigenvalue weighted by Gasteiger charge is 2.11. The summed E-state index contributed by atoms with van der Waals surface area (Å²) < 4.78 is 10.1. The summed E-state index contributed by atoms with van der Waals surface area (Å²) in [5, 5.41) is 0. The first-order chi connectivity index (χ1) is 9.95. The van der Waals surface area contributed by atoms with Crippen LogP contribution in [0, 0.1) is 0 Å². The van der Waals surface area contributed by atoms with Crippen molar-refractivity contribution in [3.05, 3.63) is 0 Å². The summed E-state index contributed by atoms with van der Waals surface area (Å²) in [5.74, 6) is -0.667. The number of carbonyl (C=O) groups excluding carboxylic acids is 2. The number of carbonyl (C=O) groups is 2. The first kappa shape index (κ1) is 20.5. The number of hydrogen-bond donors (Lipinski definition) is 0. The van der Waals surface area contributed by atoms with Crippen LogP contribution in [0.25, 0.3) is 0 Å². The molecule has 0 aliphatic heterocycles. The van der Waals surface area contributed by atoms with Gasteiger partial charge in [0.2, 0.25) is 0 Å². The fourth-order valence-corrected chi connectivity index (χ4v) is 1.93. The van der Waals surface area contributed by atoms with E-state index in [0.717, 1.165) is 12.8 Å². The molecule has 6 heteroatoms. The average Bonchev–Trinajstić information content (AvgIpc) is 2.41. The summed E-state index contributed by atoms with van der Waals surface area (Å²) in [6.07, 6.45) is 6.29. The van der Waals surface area contributed by atoms with E-state index in [1.165, 1.54) is 19.3 Å². The van der Waals surface area contributed by atoms with Gasteiger partial charge in [-0.2, -0.15) is 0 Å². The number of alkyl halides is 2. The Labute approximate surface area is 137 Å². The van der Waals surface area contributed by atoms with Crippen LogP contribution in [-0.4, -0.2) is 29.5 Å². The molecule has 0 bridgehead atoms. The smallest absolute Gasteiger partial charge is 0.306 e. The van der Waals surface area contributed by atoms with Crippen molar-refractivity contribution in [2.75, 3.05) is 6.61 Å². The predicted octanol–water partition coefficient (Wildman–Crippen LogP) is 4.41. The third-order valence-corrected chi connectivity index (χ3v) is 3.18. The lowest BCUT2D eigenvalue weighted by Gasteiger charge is -2.13. The van der Waals surface area contributed by atoms with Crippen molar-refractivity contribution in [2.24, 2.45) is 0 Å². The highest BCUT2D eigenvalue weighted by Crippen LogP contribution is 2.10. The minimum atomic E-state index is -0.715. The number of hydrogen-bond acceptors (Lipinski definition) is 4. The van der Waals surface area contributed by atoms with Crippen LogP contribution in [0.4, 0.5) is 0 Å². The van der Waals surface area contributed by atoms with Crippen LogP contribution in [0.15, 0.2) is 0 Å². The second kappa shape index (κ2) is 13.2. The molecule has 0 rings (SSSR count). The normalized spacial score (nSPS) is 12.2. The van der Waals surface area contributed by atoms with Crippen LogP contribution in [0.3, 0.4) is 0 Å². The largest absolute Gasteiger partial charge is 0.463 e. The van der Waals surface area contributed by atoms with Crippen LogP contribution in [0.1, 0.15) is 65.2 Å². The van der Waals surface area contributed by atoms with E-state index in [-0.39, 0.29) is 31.5 Å². The Hall–Kier alpha value is -0.480. The number of esters is 2. The number of unbranched alkanes of at least 4 members (excludes halogenated alkanes) is 3. The molecule has 0 aromatic rings. The molecule has 0 aliphatic rings. The summed E-state index contributed by atoms with van der Waals surface area (Å²) in [6, 6.07) is 0. The van der Waals surface area contributed by atoms with E-state index in [9.17, 15) is 9.59 Å². The third-order valence-electron chi connectivity index (χ3n) is 2.93. The van der Waals surface area contributed by atoms with Crippen molar-refractivity contribution >= 4 is 35.1 Å². The monoisotopic (exact) mass is 340 g/mol. The molecular formula is C15H26Cl2O4. The van der Waals surface area contributed by atoms with Gasteiger partial charge >= 0.3 is 11.9 Å². The lowest BCUT2D eigenvalue weighted by molar-refractivity contribution is -0.149. The maximum Gasteiger partial charge on any atom is 0.306 e. The molecule has 1 atom stereocenters. The Morgan fingerprint density at radius 1 is 1.00 bits per heavy atom. The summed E-state index contributed by atoms with van der Waals surface area (Å²) in [6.45, 7) is 4.04. The number of ether oxygens (including phenoxy) is 2. The molecule has 0 amide bonds. The van der Waals surface area contributed by atoms with Gasteiger partial charge in [-0.05, 0) is 26.2 Å². The molecular weight excluding hydrogens is 315 g/mol. The SMILES string of the molecule is CCCCCCC(C)OC(=O)CCCC(=O)OCC(Cl)Cl. The van der Waals surface area contributed by atoms with E-state index < -0.39 is 10.8 Å². The molecule has 0 saturated carbocycles. The third kappa shape index (κ3) is 14.2. The van der Waals surface area contributed by atoms with Gasteiger partial charge in [-0.1, -0.05) is 26.2 Å². The summed E-state index contributed by atoms with van der Waals surface area (Å²) >= 11 is 10.9. The fourth-order valence-electron chi connectivity index (χ4n) is 1.81. The first-order valence-corrected chi connectivity index (χ1v) is 8.46. The average molecular weight is 341 g/mol. The second-order valence-electron chi connectivity index (χ2n) is 5.08. The molecule has 0 fully saturated rings. The quantitative estimate of drug-likeness (QED) is 0.300. The lowest BCUT2D eigenvalue weighted by Crippen LogP contribution is -2.15. The molecule has 0 aromatic heterocycles. The van der Waals surface area contributed by atoms with E-state index >= 15 is 0 Å². The van der Waals surface area contributed by atoms with Crippen LogP contribution >= 0.6 is 23.2 Å². The molecule has 0 aromatic carbocycles. The predicted molar refractivity (Wildman–Crippen MR) is 84.6 cm³/mol. The van der Waals surface area contributed by atoms with Crippen molar-refractivity contribution in [1.29, 1.82) is 0 Å². The van der Waals surface area contributed by atoms with Gasteiger partial charge < -0.3 is 9.47 Å². The van der Waals surface area contributed by atoms with Crippen molar-refractivity contribution in [1.82, 2.24) is 0 Å². The molecule has 1 unspecified atom stereocenters. The van der Waals surface area contributed by atoms with Gasteiger partial charge in [-0.25, -0.2) is 0 Å². The van der Waals surface area contributed by atoms with Crippen molar-refractivity contribution in [2.45, 2.75) is 76.2 Å². The van der Waals surface area contributed by atoms with Gasteiger partial charge in [0, 0.05) is 12.8 Å². The fraction of sp³-hybridized carbons (Fsp3) is 0.867. The van der Waals surface area contributed by atoms with E-state index in [4.69, 9.17) is 32.7 Å². The van der Waals surface area contributed by atoms with E-state index in [1.54, 1.807) is 0 Å². The van der Waals surface area contributed by atoms with Crippen molar-refractivity contribution in [3.63, 3.8) is 0 Å². The van der Waals surface area contributed by atoms with E-state index in [0.29, 0.717) is 6.42 Å². The molecule has 0 heterocycles. The molecule has 0 N–H and O–H groups in total. The molecule has 4 nitrogen and oxygen atoms in total. The topological polar surface area (TPSA) is 52.6 Å². The number of halogens is 2. The Morgan fingerprint density at radius 2 is 1.67 bits per heavy atom. The lowest BCUT2D eigenvalue weighted by atomic mass is 10.1. The minimum Gasteiger partial charge on any atom is -0.463 e. The Morgan fingerprint density at radius 3 is 2.29 bits per heavy atom. The van der Waals surface area contributed by atoms with Gasteiger partial charge in [0.25, 0.3) is 0 Å². The molecule has 0 radical (unpaired) electrons. The molecule has 0 saturated heterocycles. The Bertz CT molecular complexity index is 295. The molecule has 21 heavy (non-hydrogen) atoms. The highest BCUT2D eigenvalue weighted by atomic mass is 35.5. The van der Waals surface area contributed by atoms with Crippen LogP contribution in [0.5, 0.6) is 0 Å². The second-order valence-corrected chi connectivity index (χ2v) is 6.35. The number of rotatable bonds is 12. The molecule has 0 spiro atoms. The standard InChI is InChI=1S/C15H26Cl2O4/c1-3-4-5-6-8-12(2)21-15(19)10-7-9-14(18)20-11-13(16)17/h12-13H,3-11H2,1-2H3. The Balaban J connectivity index is 3.58. The van der Waals surface area contributed by atoms with Crippen molar-refractivity contribution in [3.8, 4) is 0 Å². The highest BCUT2D eigenvalue weighted by molar-refractivity contribution is 6.44. The van der Waals surface area contributed by atoms with Crippen LogP contribution in [0.2, 0.25) is 0 Å². The van der Waals surface area contributed by atoms with Crippen LogP contribution in [-0.2, 0) is 19.1 Å². The molecule has 124 valence electrons. The molecule has 0 aliphatic carbocycles. The zero-order chi connectivity index (χ0) is 16.1. The van der Waals surface area contributed by atoms with Gasteiger partial charge in [-0.3, -0.25) is 9.59 Å².